The molecule has 0 bridgehead atoms. The Morgan fingerprint density at radius 2 is 2.14 bits per heavy atom. The lowest BCUT2D eigenvalue weighted by atomic mass is 9.98. The Hall–Kier alpha value is -2.09. The Morgan fingerprint density at radius 3 is 2.90 bits per heavy atom. The number of thiophene rings is 1. The number of hydrogen-bond donors (Lipinski definition) is 1. The zero-order chi connectivity index (χ0) is 20.2. The maximum atomic E-state index is 13.1. The topological polar surface area (TPSA) is 45.2 Å². The van der Waals surface area contributed by atoms with Crippen LogP contribution in [0, 0.1) is 18.7 Å². The van der Waals surface area contributed by atoms with Gasteiger partial charge in [0, 0.05) is 30.1 Å². The molecule has 1 fully saturated rings. The molecule has 0 radical (unpaired) electrons. The van der Waals surface area contributed by atoms with Crippen LogP contribution in [0.3, 0.4) is 0 Å². The Morgan fingerprint density at radius 1 is 1.31 bits per heavy atom. The van der Waals surface area contributed by atoms with E-state index in [1.165, 1.54) is 34.8 Å². The monoisotopic (exact) mass is 429 g/mol. The summed E-state index contributed by atoms with van der Waals surface area (Å²) in [6, 6.07) is 10.5. The molecule has 0 aliphatic carbocycles. The van der Waals surface area contributed by atoms with Gasteiger partial charge in [0.15, 0.2) is 0 Å². The number of aromatic nitrogens is 1. The minimum atomic E-state index is -0.277. The summed E-state index contributed by atoms with van der Waals surface area (Å²) < 4.78 is 13.1. The zero-order valence-electron chi connectivity index (χ0n) is 16.4. The molecular formula is C22H24FN3OS2. The van der Waals surface area contributed by atoms with Crippen molar-refractivity contribution < 1.29 is 9.18 Å². The fourth-order valence-corrected chi connectivity index (χ4v) is 5.46. The molecule has 1 aliphatic heterocycles. The van der Waals surface area contributed by atoms with Gasteiger partial charge in [0.1, 0.15) is 15.7 Å². The first kappa shape index (κ1) is 20.2. The highest BCUT2D eigenvalue weighted by Gasteiger charge is 2.22. The number of aryl methyl sites for hydroxylation is 1. The van der Waals surface area contributed by atoms with Gasteiger partial charge in [0.25, 0.3) is 5.91 Å². The number of nitrogens with one attached hydrogen (secondary N) is 1. The molecule has 1 aliphatic rings. The predicted molar refractivity (Wildman–Crippen MR) is 117 cm³/mol. The van der Waals surface area contributed by atoms with Crippen LogP contribution in [0.25, 0.3) is 10.6 Å². The van der Waals surface area contributed by atoms with E-state index < -0.39 is 0 Å². The summed E-state index contributed by atoms with van der Waals surface area (Å²) in [7, 11) is 0. The number of nitrogens with zero attached hydrogens (tertiary/aromatic N) is 2. The van der Waals surface area contributed by atoms with Gasteiger partial charge in [-0.15, -0.1) is 22.7 Å². The molecular weight excluding hydrogens is 405 g/mol. The van der Waals surface area contributed by atoms with E-state index >= 15 is 0 Å². The first-order chi connectivity index (χ1) is 14.1. The molecule has 2 aromatic heterocycles. The maximum Gasteiger partial charge on any atom is 0.263 e. The lowest BCUT2D eigenvalue weighted by molar-refractivity contribution is 0.0934. The van der Waals surface area contributed by atoms with Crippen molar-refractivity contribution in [1.82, 2.24) is 15.2 Å². The second-order valence-corrected chi connectivity index (χ2v) is 9.50. The second kappa shape index (κ2) is 9.15. The third-order valence-electron chi connectivity index (χ3n) is 5.21. The summed E-state index contributed by atoms with van der Waals surface area (Å²) in [4.78, 5) is 21.8. The third-order valence-corrected chi connectivity index (χ3v) is 7.27. The normalized spacial score (nSPS) is 17.4. The van der Waals surface area contributed by atoms with Gasteiger partial charge in [-0.05, 0) is 67.9 Å². The van der Waals surface area contributed by atoms with Crippen molar-refractivity contribution >= 4 is 28.6 Å². The Labute approximate surface area is 178 Å². The fraction of sp³-hybridized carbons (Fsp3) is 0.364. The molecule has 1 amide bonds. The Bertz CT molecular complexity index is 953. The minimum absolute atomic E-state index is 0.0660. The van der Waals surface area contributed by atoms with Crippen LogP contribution in [0.4, 0.5) is 4.39 Å². The van der Waals surface area contributed by atoms with Crippen molar-refractivity contribution in [2.45, 2.75) is 26.3 Å². The summed E-state index contributed by atoms with van der Waals surface area (Å²) >= 11 is 3.16. The van der Waals surface area contributed by atoms with Crippen molar-refractivity contribution in [3.05, 3.63) is 63.0 Å². The van der Waals surface area contributed by atoms with E-state index in [0.717, 1.165) is 42.3 Å². The van der Waals surface area contributed by atoms with Gasteiger partial charge in [0.2, 0.25) is 0 Å². The number of amides is 1. The molecule has 1 unspecified atom stereocenters. The van der Waals surface area contributed by atoms with Gasteiger partial charge in [-0.25, -0.2) is 9.37 Å². The number of carbonyl (C=O) groups is 1. The zero-order valence-corrected chi connectivity index (χ0v) is 18.0. The van der Waals surface area contributed by atoms with Gasteiger partial charge in [-0.1, -0.05) is 6.07 Å². The molecule has 4 nitrogen and oxygen atoms in total. The standard InChI is InChI=1S/C22H24FN3OS2/c1-15-20(29-22(25-15)17-6-8-18(23)9-7-17)21(27)24-12-16-4-2-10-26(13-16)14-19-5-3-11-28-19/h3,5-9,11,16H,2,4,10,12-14H2,1H3,(H,24,27). The largest absolute Gasteiger partial charge is 0.351 e. The number of halogens is 1. The summed E-state index contributed by atoms with van der Waals surface area (Å²) in [6.45, 7) is 5.67. The first-order valence-electron chi connectivity index (χ1n) is 9.85. The molecule has 1 N–H and O–H groups in total. The number of thiazole rings is 1. The van der Waals surface area contributed by atoms with Crippen molar-refractivity contribution in [3.8, 4) is 10.6 Å². The van der Waals surface area contributed by atoms with Crippen LogP contribution in [0.2, 0.25) is 0 Å². The number of likely N-dealkylation sites (tertiary alicyclic amines) is 1. The molecule has 7 heteroatoms. The van der Waals surface area contributed by atoms with Gasteiger partial charge in [-0.2, -0.15) is 0 Å². The summed E-state index contributed by atoms with van der Waals surface area (Å²) in [5.41, 5.74) is 1.55. The third kappa shape index (κ3) is 5.10. The minimum Gasteiger partial charge on any atom is -0.351 e. The van der Waals surface area contributed by atoms with E-state index in [1.807, 2.05) is 6.92 Å². The van der Waals surface area contributed by atoms with E-state index in [0.29, 0.717) is 17.3 Å². The highest BCUT2D eigenvalue weighted by Crippen LogP contribution is 2.28. The second-order valence-electron chi connectivity index (χ2n) is 7.47. The number of piperidine rings is 1. The quantitative estimate of drug-likeness (QED) is 0.602. The average Bonchev–Trinajstić information content (AvgIpc) is 3.37. The van der Waals surface area contributed by atoms with E-state index in [1.54, 1.807) is 23.5 Å². The highest BCUT2D eigenvalue weighted by atomic mass is 32.1. The van der Waals surface area contributed by atoms with Crippen molar-refractivity contribution in [3.63, 3.8) is 0 Å². The molecule has 1 saturated heterocycles. The molecule has 3 aromatic rings. The van der Waals surface area contributed by atoms with Gasteiger partial charge in [-0.3, -0.25) is 9.69 Å². The smallest absolute Gasteiger partial charge is 0.263 e. The average molecular weight is 430 g/mol. The summed E-state index contributed by atoms with van der Waals surface area (Å²) in [6.07, 6.45) is 2.31. The van der Waals surface area contributed by atoms with Gasteiger partial charge >= 0.3 is 0 Å². The Balaban J connectivity index is 1.34. The highest BCUT2D eigenvalue weighted by molar-refractivity contribution is 7.17. The SMILES string of the molecule is Cc1nc(-c2ccc(F)cc2)sc1C(=O)NCC1CCCN(Cc2cccs2)C1. The Kier molecular flexibility index (Phi) is 6.37. The number of hydrogen-bond acceptors (Lipinski definition) is 5. The van der Waals surface area contributed by atoms with Crippen molar-refractivity contribution in [1.29, 1.82) is 0 Å². The molecule has 29 heavy (non-hydrogen) atoms. The van der Waals surface area contributed by atoms with Crippen LogP contribution in [0.1, 0.15) is 33.1 Å². The van der Waals surface area contributed by atoms with Crippen molar-refractivity contribution in [2.75, 3.05) is 19.6 Å². The molecule has 1 aromatic carbocycles. The molecule has 152 valence electrons. The molecule has 0 saturated carbocycles. The maximum absolute atomic E-state index is 13.1. The summed E-state index contributed by atoms with van der Waals surface area (Å²) in [5, 5.41) is 5.97. The van der Waals surface area contributed by atoms with Crippen LogP contribution in [-0.4, -0.2) is 35.4 Å². The van der Waals surface area contributed by atoms with E-state index in [2.05, 4.69) is 32.7 Å². The number of rotatable bonds is 6. The van der Waals surface area contributed by atoms with Crippen LogP contribution in [-0.2, 0) is 6.54 Å². The van der Waals surface area contributed by atoms with Crippen LogP contribution >= 0.6 is 22.7 Å². The molecule has 0 spiro atoms. The lowest BCUT2D eigenvalue weighted by Crippen LogP contribution is -2.40. The van der Waals surface area contributed by atoms with Gasteiger partial charge < -0.3 is 5.32 Å². The lowest BCUT2D eigenvalue weighted by Gasteiger charge is -2.32. The van der Waals surface area contributed by atoms with Crippen LogP contribution in [0.15, 0.2) is 41.8 Å². The molecule has 1 atom stereocenters. The molecule has 4 rings (SSSR count). The predicted octanol–water partition coefficient (Wildman–Crippen LogP) is 4.96. The fourth-order valence-electron chi connectivity index (χ4n) is 3.72. The summed E-state index contributed by atoms with van der Waals surface area (Å²) in [5.74, 6) is 0.127. The molecule has 3 heterocycles. The van der Waals surface area contributed by atoms with Gasteiger partial charge in [0.05, 0.1) is 5.69 Å². The van der Waals surface area contributed by atoms with Crippen molar-refractivity contribution in [2.24, 2.45) is 5.92 Å². The number of carbonyl (C=O) groups excluding carboxylic acids is 1. The van der Waals surface area contributed by atoms with E-state index in [9.17, 15) is 9.18 Å². The first-order valence-corrected chi connectivity index (χ1v) is 11.5. The number of benzene rings is 1. The van der Waals surface area contributed by atoms with Crippen LogP contribution < -0.4 is 5.32 Å². The van der Waals surface area contributed by atoms with Crippen LogP contribution in [0.5, 0.6) is 0 Å². The van der Waals surface area contributed by atoms with E-state index in [4.69, 9.17) is 0 Å². The van der Waals surface area contributed by atoms with E-state index in [-0.39, 0.29) is 11.7 Å².